The van der Waals surface area contributed by atoms with Gasteiger partial charge in [0.1, 0.15) is 5.82 Å². The number of rotatable bonds is 3. The zero-order valence-electron chi connectivity index (χ0n) is 11.5. The van der Waals surface area contributed by atoms with Crippen LogP contribution in [0.3, 0.4) is 0 Å². The molecule has 0 saturated heterocycles. The third kappa shape index (κ3) is 2.24. The van der Waals surface area contributed by atoms with Crippen LogP contribution in [0, 0.1) is 25.7 Å². The van der Waals surface area contributed by atoms with E-state index < -0.39 is 5.97 Å². The lowest BCUT2D eigenvalue weighted by Crippen LogP contribution is -2.16. The number of aromatic nitrogens is 2. The molecule has 19 heavy (non-hydrogen) atoms. The zero-order valence-corrected chi connectivity index (χ0v) is 11.5. The van der Waals surface area contributed by atoms with Crippen molar-refractivity contribution in [3.05, 3.63) is 22.8 Å². The molecular formula is C15H20N2O2. The van der Waals surface area contributed by atoms with Crippen molar-refractivity contribution in [2.45, 2.75) is 51.9 Å². The normalized spacial score (nSPS) is 28.8. The highest BCUT2D eigenvalue weighted by Crippen LogP contribution is 2.52. The van der Waals surface area contributed by atoms with Crippen LogP contribution in [-0.4, -0.2) is 21.0 Å². The molecule has 0 amide bonds. The molecule has 2 aliphatic rings. The van der Waals surface area contributed by atoms with E-state index in [2.05, 4.69) is 9.97 Å². The van der Waals surface area contributed by atoms with Crippen molar-refractivity contribution in [1.29, 1.82) is 0 Å². The maximum absolute atomic E-state index is 10.9. The second-order valence-corrected chi connectivity index (χ2v) is 6.08. The Morgan fingerprint density at radius 2 is 1.89 bits per heavy atom. The van der Waals surface area contributed by atoms with Gasteiger partial charge in [-0.25, -0.2) is 9.97 Å². The van der Waals surface area contributed by atoms with Gasteiger partial charge in [0.05, 0.1) is 6.42 Å². The predicted octanol–water partition coefficient (Wildman–Crippen LogP) is 2.62. The van der Waals surface area contributed by atoms with Gasteiger partial charge in [-0.2, -0.15) is 0 Å². The first-order chi connectivity index (χ1) is 9.04. The molecule has 0 spiro atoms. The summed E-state index contributed by atoms with van der Waals surface area (Å²) in [6, 6.07) is 0. The lowest BCUT2D eigenvalue weighted by molar-refractivity contribution is -0.136. The van der Waals surface area contributed by atoms with Crippen molar-refractivity contribution < 1.29 is 9.90 Å². The van der Waals surface area contributed by atoms with Crippen LogP contribution in [0.5, 0.6) is 0 Å². The molecule has 4 heteroatoms. The van der Waals surface area contributed by atoms with Crippen LogP contribution in [-0.2, 0) is 11.2 Å². The van der Waals surface area contributed by atoms with Gasteiger partial charge in [-0.3, -0.25) is 4.79 Å². The maximum Gasteiger partial charge on any atom is 0.307 e. The molecule has 4 nitrogen and oxygen atoms in total. The van der Waals surface area contributed by atoms with E-state index in [0.29, 0.717) is 5.92 Å². The smallest absolute Gasteiger partial charge is 0.307 e. The van der Waals surface area contributed by atoms with E-state index in [-0.39, 0.29) is 6.42 Å². The minimum atomic E-state index is -0.817. The van der Waals surface area contributed by atoms with Crippen molar-refractivity contribution >= 4 is 5.97 Å². The highest BCUT2D eigenvalue weighted by Gasteiger charge is 2.41. The largest absolute Gasteiger partial charge is 0.481 e. The molecule has 3 atom stereocenters. The third-order valence-electron chi connectivity index (χ3n) is 4.84. The first-order valence-corrected chi connectivity index (χ1v) is 7.10. The Morgan fingerprint density at radius 3 is 2.37 bits per heavy atom. The number of carboxylic acid groups (broad SMARTS) is 1. The fraction of sp³-hybridized carbons (Fsp3) is 0.667. The Labute approximate surface area is 113 Å². The maximum atomic E-state index is 10.9. The molecule has 2 saturated carbocycles. The zero-order chi connectivity index (χ0) is 13.6. The van der Waals surface area contributed by atoms with E-state index in [1.54, 1.807) is 0 Å². The molecule has 1 aromatic rings. The molecule has 2 fully saturated rings. The number of aryl methyl sites for hydroxylation is 2. The highest BCUT2D eigenvalue weighted by molar-refractivity contribution is 5.70. The van der Waals surface area contributed by atoms with Crippen LogP contribution in [0.15, 0.2) is 0 Å². The predicted molar refractivity (Wildman–Crippen MR) is 71.0 cm³/mol. The summed E-state index contributed by atoms with van der Waals surface area (Å²) < 4.78 is 0. The molecular weight excluding hydrogens is 240 g/mol. The second kappa shape index (κ2) is 4.58. The van der Waals surface area contributed by atoms with E-state index in [0.717, 1.165) is 34.6 Å². The quantitative estimate of drug-likeness (QED) is 0.907. The van der Waals surface area contributed by atoms with E-state index in [1.165, 1.54) is 25.7 Å². The van der Waals surface area contributed by atoms with E-state index in [4.69, 9.17) is 5.11 Å². The summed E-state index contributed by atoms with van der Waals surface area (Å²) in [5.74, 6) is 2.28. The Morgan fingerprint density at radius 1 is 1.21 bits per heavy atom. The third-order valence-corrected chi connectivity index (χ3v) is 4.84. The number of carboxylic acids is 1. The summed E-state index contributed by atoms with van der Waals surface area (Å²) >= 11 is 0. The van der Waals surface area contributed by atoms with Crippen LogP contribution in [0.4, 0.5) is 0 Å². The molecule has 0 aliphatic heterocycles. The van der Waals surface area contributed by atoms with Crippen LogP contribution in [0.25, 0.3) is 0 Å². The summed E-state index contributed by atoms with van der Waals surface area (Å²) in [5, 5.41) is 8.93. The van der Waals surface area contributed by atoms with Gasteiger partial charge in [0, 0.05) is 22.9 Å². The molecule has 2 aliphatic carbocycles. The molecule has 1 aromatic heterocycles. The standard InChI is InChI=1S/C15H20N2O2/c1-8-12(7-14(18)19)9(2)17-15(16-8)13-6-10-3-4-11(13)5-10/h10-11,13H,3-7H2,1-2H3,(H,18,19). The minimum absolute atomic E-state index is 0.0225. The van der Waals surface area contributed by atoms with Gasteiger partial charge in [-0.15, -0.1) is 0 Å². The van der Waals surface area contributed by atoms with Gasteiger partial charge in [-0.05, 0) is 44.9 Å². The Balaban J connectivity index is 1.90. The Bertz CT molecular complexity index is 504. The molecule has 1 N–H and O–H groups in total. The molecule has 2 bridgehead atoms. The van der Waals surface area contributed by atoms with E-state index in [9.17, 15) is 4.79 Å². The summed E-state index contributed by atoms with van der Waals surface area (Å²) in [5.41, 5.74) is 2.46. The molecule has 1 heterocycles. The number of hydrogen-bond donors (Lipinski definition) is 1. The number of aliphatic carboxylic acids is 1. The van der Waals surface area contributed by atoms with Crippen molar-refractivity contribution in [3.8, 4) is 0 Å². The molecule has 0 aromatic carbocycles. The average molecular weight is 260 g/mol. The topological polar surface area (TPSA) is 63.1 Å². The fourth-order valence-corrected chi connectivity index (χ4v) is 3.90. The van der Waals surface area contributed by atoms with Crippen LogP contribution < -0.4 is 0 Å². The summed E-state index contributed by atoms with van der Waals surface area (Å²) in [4.78, 5) is 20.1. The van der Waals surface area contributed by atoms with Gasteiger partial charge in [-0.1, -0.05) is 6.42 Å². The number of fused-ring (bicyclic) bond motifs is 2. The van der Waals surface area contributed by atoms with Gasteiger partial charge in [0.25, 0.3) is 0 Å². The van der Waals surface area contributed by atoms with Crippen molar-refractivity contribution in [2.75, 3.05) is 0 Å². The second-order valence-electron chi connectivity index (χ2n) is 6.08. The first kappa shape index (κ1) is 12.6. The highest BCUT2D eigenvalue weighted by atomic mass is 16.4. The van der Waals surface area contributed by atoms with Crippen molar-refractivity contribution in [3.63, 3.8) is 0 Å². The van der Waals surface area contributed by atoms with Gasteiger partial charge >= 0.3 is 5.97 Å². The number of carbonyl (C=O) groups is 1. The van der Waals surface area contributed by atoms with Crippen LogP contribution >= 0.6 is 0 Å². The Kier molecular flexibility index (Phi) is 3.03. The monoisotopic (exact) mass is 260 g/mol. The Hall–Kier alpha value is -1.45. The number of hydrogen-bond acceptors (Lipinski definition) is 3. The van der Waals surface area contributed by atoms with E-state index >= 15 is 0 Å². The van der Waals surface area contributed by atoms with Gasteiger partial charge in [0.15, 0.2) is 0 Å². The SMILES string of the molecule is Cc1nc(C2CC3CCC2C3)nc(C)c1CC(=O)O. The van der Waals surface area contributed by atoms with Crippen LogP contribution in [0.2, 0.25) is 0 Å². The molecule has 102 valence electrons. The summed E-state index contributed by atoms with van der Waals surface area (Å²) in [7, 11) is 0. The van der Waals surface area contributed by atoms with Gasteiger partial charge in [0.2, 0.25) is 0 Å². The lowest BCUT2D eigenvalue weighted by atomic mass is 9.88. The van der Waals surface area contributed by atoms with Crippen LogP contribution in [0.1, 0.15) is 54.4 Å². The molecule has 3 rings (SSSR count). The minimum Gasteiger partial charge on any atom is -0.481 e. The average Bonchev–Trinajstić information content (AvgIpc) is 2.95. The van der Waals surface area contributed by atoms with Crippen molar-refractivity contribution in [1.82, 2.24) is 9.97 Å². The lowest BCUT2D eigenvalue weighted by Gasteiger charge is -2.21. The summed E-state index contributed by atoms with van der Waals surface area (Å²) in [6.07, 6.45) is 5.27. The molecule has 3 unspecified atom stereocenters. The fourth-order valence-electron chi connectivity index (χ4n) is 3.90. The summed E-state index contributed by atoms with van der Waals surface area (Å²) in [6.45, 7) is 3.81. The van der Waals surface area contributed by atoms with E-state index in [1.807, 2.05) is 13.8 Å². The molecule has 0 radical (unpaired) electrons. The van der Waals surface area contributed by atoms with Crippen molar-refractivity contribution in [2.24, 2.45) is 11.8 Å². The number of nitrogens with zero attached hydrogens (tertiary/aromatic N) is 2. The first-order valence-electron chi connectivity index (χ1n) is 7.10. The van der Waals surface area contributed by atoms with Gasteiger partial charge < -0.3 is 5.11 Å².